The van der Waals surface area contributed by atoms with Gasteiger partial charge in [0.05, 0.1) is 18.0 Å². The Balaban J connectivity index is 2.12. The SMILES string of the molecule is Cc1occc1CN(C)C(=O)c1cncc(O)c1. The second-order valence-electron chi connectivity index (χ2n) is 4.10. The maximum atomic E-state index is 12.1. The minimum absolute atomic E-state index is 0.0197. The number of pyridine rings is 1. The van der Waals surface area contributed by atoms with E-state index in [9.17, 15) is 9.90 Å². The molecule has 2 aromatic rings. The molecule has 0 fully saturated rings. The molecule has 94 valence electrons. The third-order valence-electron chi connectivity index (χ3n) is 2.69. The summed E-state index contributed by atoms with van der Waals surface area (Å²) in [7, 11) is 1.69. The first-order valence-electron chi connectivity index (χ1n) is 5.50. The van der Waals surface area contributed by atoms with E-state index in [-0.39, 0.29) is 11.7 Å². The average Bonchev–Trinajstić information content (AvgIpc) is 2.74. The number of aromatic hydroxyl groups is 1. The van der Waals surface area contributed by atoms with Crippen molar-refractivity contribution in [2.24, 2.45) is 0 Å². The van der Waals surface area contributed by atoms with Gasteiger partial charge in [0.25, 0.3) is 5.91 Å². The van der Waals surface area contributed by atoms with E-state index >= 15 is 0 Å². The zero-order chi connectivity index (χ0) is 13.1. The van der Waals surface area contributed by atoms with Gasteiger partial charge in [-0.1, -0.05) is 0 Å². The van der Waals surface area contributed by atoms with E-state index in [1.54, 1.807) is 18.2 Å². The van der Waals surface area contributed by atoms with Gasteiger partial charge in [0, 0.05) is 25.4 Å². The van der Waals surface area contributed by atoms with Crippen LogP contribution in [0.4, 0.5) is 0 Å². The fourth-order valence-corrected chi connectivity index (χ4v) is 1.67. The van der Waals surface area contributed by atoms with Crippen LogP contribution in [0.1, 0.15) is 21.7 Å². The zero-order valence-corrected chi connectivity index (χ0v) is 10.3. The highest BCUT2D eigenvalue weighted by molar-refractivity contribution is 5.94. The third-order valence-corrected chi connectivity index (χ3v) is 2.69. The van der Waals surface area contributed by atoms with Gasteiger partial charge in [0.2, 0.25) is 0 Å². The van der Waals surface area contributed by atoms with Crippen molar-refractivity contribution >= 4 is 5.91 Å². The molecule has 0 aromatic carbocycles. The van der Waals surface area contributed by atoms with Crippen LogP contribution < -0.4 is 0 Å². The summed E-state index contributed by atoms with van der Waals surface area (Å²) in [6.45, 7) is 2.31. The number of furan rings is 1. The molecule has 2 aromatic heterocycles. The minimum Gasteiger partial charge on any atom is -0.506 e. The standard InChI is InChI=1S/C13H14N2O3/c1-9-10(3-4-18-9)8-15(2)13(17)11-5-12(16)7-14-6-11/h3-7,16H,8H2,1-2H3. The predicted octanol–water partition coefficient (Wildman–Crippen LogP) is 1.96. The lowest BCUT2D eigenvalue weighted by Gasteiger charge is -2.16. The molecule has 2 heterocycles. The zero-order valence-electron chi connectivity index (χ0n) is 10.3. The second-order valence-corrected chi connectivity index (χ2v) is 4.10. The van der Waals surface area contributed by atoms with Gasteiger partial charge in [0.15, 0.2) is 0 Å². The molecule has 0 aliphatic heterocycles. The second kappa shape index (κ2) is 4.91. The Morgan fingerprint density at radius 2 is 2.28 bits per heavy atom. The van der Waals surface area contributed by atoms with Crippen LogP contribution in [0.5, 0.6) is 5.75 Å². The molecule has 0 spiro atoms. The smallest absolute Gasteiger partial charge is 0.255 e. The Labute approximate surface area is 105 Å². The molecule has 0 saturated heterocycles. The van der Waals surface area contributed by atoms with E-state index in [0.717, 1.165) is 11.3 Å². The number of hydrogen-bond donors (Lipinski definition) is 1. The molecule has 1 amide bonds. The van der Waals surface area contributed by atoms with E-state index < -0.39 is 0 Å². The van der Waals surface area contributed by atoms with E-state index in [1.165, 1.54) is 18.5 Å². The maximum absolute atomic E-state index is 12.1. The van der Waals surface area contributed by atoms with Gasteiger partial charge in [-0.05, 0) is 19.1 Å². The Morgan fingerprint density at radius 3 is 2.89 bits per heavy atom. The number of carbonyl (C=O) groups excluding carboxylic acids is 1. The van der Waals surface area contributed by atoms with Crippen molar-refractivity contribution in [3.8, 4) is 5.75 Å². The molecular weight excluding hydrogens is 232 g/mol. The highest BCUT2D eigenvalue weighted by Gasteiger charge is 2.14. The average molecular weight is 246 g/mol. The van der Waals surface area contributed by atoms with Crippen LogP contribution in [0.3, 0.4) is 0 Å². The van der Waals surface area contributed by atoms with Gasteiger partial charge in [-0.15, -0.1) is 0 Å². The molecule has 0 bridgehead atoms. The molecule has 0 aliphatic carbocycles. The molecule has 0 saturated carbocycles. The fourth-order valence-electron chi connectivity index (χ4n) is 1.67. The Kier molecular flexibility index (Phi) is 3.32. The van der Waals surface area contributed by atoms with Crippen molar-refractivity contribution in [3.63, 3.8) is 0 Å². The van der Waals surface area contributed by atoms with E-state index in [1.807, 2.05) is 13.0 Å². The number of aryl methyl sites for hydroxylation is 1. The van der Waals surface area contributed by atoms with Gasteiger partial charge in [0.1, 0.15) is 11.5 Å². The quantitative estimate of drug-likeness (QED) is 0.899. The topological polar surface area (TPSA) is 66.6 Å². The van der Waals surface area contributed by atoms with Gasteiger partial charge in [-0.25, -0.2) is 0 Å². The molecule has 18 heavy (non-hydrogen) atoms. The van der Waals surface area contributed by atoms with E-state index in [2.05, 4.69) is 4.98 Å². The maximum Gasteiger partial charge on any atom is 0.255 e. The molecule has 0 aliphatic rings. The fraction of sp³-hybridized carbons (Fsp3) is 0.231. The summed E-state index contributed by atoms with van der Waals surface area (Å²) >= 11 is 0. The third kappa shape index (κ3) is 2.51. The highest BCUT2D eigenvalue weighted by atomic mass is 16.3. The summed E-state index contributed by atoms with van der Waals surface area (Å²) in [5, 5.41) is 9.30. The van der Waals surface area contributed by atoms with Crippen LogP contribution in [0.25, 0.3) is 0 Å². The minimum atomic E-state index is -0.195. The first-order chi connectivity index (χ1) is 8.58. The van der Waals surface area contributed by atoms with Crippen molar-refractivity contribution in [2.75, 3.05) is 7.05 Å². The summed E-state index contributed by atoms with van der Waals surface area (Å²) in [5.41, 5.74) is 1.32. The Morgan fingerprint density at radius 1 is 1.50 bits per heavy atom. The number of aromatic nitrogens is 1. The Bertz CT molecular complexity index is 563. The summed E-state index contributed by atoms with van der Waals surface area (Å²) in [6, 6.07) is 3.23. The summed E-state index contributed by atoms with van der Waals surface area (Å²) < 4.78 is 5.18. The molecule has 0 atom stereocenters. The van der Waals surface area contributed by atoms with Crippen LogP contribution in [0.2, 0.25) is 0 Å². The molecule has 0 unspecified atom stereocenters. The number of nitrogens with zero attached hydrogens (tertiary/aromatic N) is 2. The summed E-state index contributed by atoms with van der Waals surface area (Å²) in [6.07, 6.45) is 4.32. The van der Waals surface area contributed by atoms with Gasteiger partial charge < -0.3 is 14.4 Å². The lowest BCUT2D eigenvalue weighted by molar-refractivity contribution is 0.0784. The first-order valence-corrected chi connectivity index (χ1v) is 5.50. The van der Waals surface area contributed by atoms with Crippen LogP contribution in [-0.2, 0) is 6.54 Å². The van der Waals surface area contributed by atoms with Crippen molar-refractivity contribution in [1.82, 2.24) is 9.88 Å². The largest absolute Gasteiger partial charge is 0.506 e. The highest BCUT2D eigenvalue weighted by Crippen LogP contribution is 2.14. The van der Waals surface area contributed by atoms with Crippen molar-refractivity contribution in [3.05, 3.63) is 47.7 Å². The predicted molar refractivity (Wildman–Crippen MR) is 65.1 cm³/mol. The van der Waals surface area contributed by atoms with Gasteiger partial charge >= 0.3 is 0 Å². The van der Waals surface area contributed by atoms with Crippen molar-refractivity contribution in [1.29, 1.82) is 0 Å². The number of carbonyl (C=O) groups is 1. The van der Waals surface area contributed by atoms with Crippen LogP contribution in [0.15, 0.2) is 35.2 Å². The number of amides is 1. The summed E-state index contributed by atoms with van der Waals surface area (Å²) in [4.78, 5) is 17.4. The first kappa shape index (κ1) is 12.2. The van der Waals surface area contributed by atoms with Crippen molar-refractivity contribution in [2.45, 2.75) is 13.5 Å². The van der Waals surface area contributed by atoms with Crippen molar-refractivity contribution < 1.29 is 14.3 Å². The molecule has 5 nitrogen and oxygen atoms in total. The van der Waals surface area contributed by atoms with Crippen LogP contribution in [0, 0.1) is 6.92 Å². The summed E-state index contributed by atoms with van der Waals surface area (Å²) in [5.74, 6) is 0.580. The molecule has 2 rings (SSSR count). The number of hydrogen-bond acceptors (Lipinski definition) is 4. The molecule has 5 heteroatoms. The molecule has 1 N–H and O–H groups in total. The molecular formula is C13H14N2O3. The normalized spacial score (nSPS) is 10.3. The van der Waals surface area contributed by atoms with E-state index in [4.69, 9.17) is 4.42 Å². The monoisotopic (exact) mass is 246 g/mol. The van der Waals surface area contributed by atoms with Crippen LogP contribution in [-0.4, -0.2) is 27.9 Å². The molecule has 0 radical (unpaired) electrons. The lowest BCUT2D eigenvalue weighted by atomic mass is 10.2. The van der Waals surface area contributed by atoms with Gasteiger partial charge in [-0.3, -0.25) is 9.78 Å². The van der Waals surface area contributed by atoms with Gasteiger partial charge in [-0.2, -0.15) is 0 Å². The van der Waals surface area contributed by atoms with Crippen LogP contribution >= 0.6 is 0 Å². The lowest BCUT2D eigenvalue weighted by Crippen LogP contribution is -2.26. The number of rotatable bonds is 3. The van der Waals surface area contributed by atoms with E-state index in [0.29, 0.717) is 12.1 Å². The Hall–Kier alpha value is -2.30.